The molecular weight excluding hydrogens is 183 g/mol. The van der Waals surface area contributed by atoms with Crippen LogP contribution in [0.25, 0.3) is 0 Å². The number of Topliss-reactive ketones (excluding diaryl/α,β-unsaturated/α-hetero) is 1. The highest BCUT2D eigenvalue weighted by Crippen LogP contribution is 2.26. The summed E-state index contributed by atoms with van der Waals surface area (Å²) in [6, 6.07) is 0. The zero-order valence-electron chi connectivity index (χ0n) is 6.99. The number of rotatable bonds is 5. The van der Waals surface area contributed by atoms with Crippen LogP contribution >= 0.6 is 23.2 Å². The van der Waals surface area contributed by atoms with Crippen LogP contribution in [-0.2, 0) is 4.79 Å². The van der Waals surface area contributed by atoms with Gasteiger partial charge in [0.1, 0.15) is 10.1 Å². The third kappa shape index (κ3) is 10.2. The molecule has 0 fully saturated rings. The van der Waals surface area contributed by atoms with Gasteiger partial charge in [0.05, 0.1) is 0 Å². The predicted molar refractivity (Wildman–Crippen MR) is 49.3 cm³/mol. The van der Waals surface area contributed by atoms with Gasteiger partial charge in [0, 0.05) is 6.42 Å². The average Bonchev–Trinajstić information content (AvgIpc) is 1.78. The summed E-state index contributed by atoms with van der Waals surface area (Å²) in [7, 11) is 0. The van der Waals surface area contributed by atoms with Gasteiger partial charge in [0.15, 0.2) is 0 Å². The van der Waals surface area contributed by atoms with Gasteiger partial charge in [-0.15, -0.1) is 23.2 Å². The van der Waals surface area contributed by atoms with Crippen LogP contribution < -0.4 is 0 Å². The van der Waals surface area contributed by atoms with Crippen LogP contribution in [0.2, 0.25) is 0 Å². The van der Waals surface area contributed by atoms with Gasteiger partial charge in [-0.1, -0.05) is 6.42 Å². The third-order valence-electron chi connectivity index (χ3n) is 1.39. The maximum Gasteiger partial charge on any atom is 0.129 e. The second-order valence-corrected chi connectivity index (χ2v) is 4.84. The number of halogens is 2. The Labute approximate surface area is 78.1 Å². The smallest absolute Gasteiger partial charge is 0.129 e. The molecule has 0 heterocycles. The Morgan fingerprint density at radius 2 is 1.91 bits per heavy atom. The molecule has 3 heteroatoms. The molecule has 0 amide bonds. The van der Waals surface area contributed by atoms with Crippen LogP contribution in [0.4, 0.5) is 0 Å². The fraction of sp³-hybridized carbons (Fsp3) is 0.875. The van der Waals surface area contributed by atoms with Crippen molar-refractivity contribution < 1.29 is 4.79 Å². The van der Waals surface area contributed by atoms with Gasteiger partial charge < -0.3 is 4.79 Å². The van der Waals surface area contributed by atoms with E-state index in [1.807, 2.05) is 0 Å². The van der Waals surface area contributed by atoms with Crippen molar-refractivity contribution in [1.29, 1.82) is 0 Å². The highest BCUT2D eigenvalue weighted by molar-refractivity contribution is 6.48. The van der Waals surface area contributed by atoms with Crippen molar-refractivity contribution in [3.05, 3.63) is 0 Å². The van der Waals surface area contributed by atoms with Crippen LogP contribution in [0.3, 0.4) is 0 Å². The number of ketones is 1. The molecule has 11 heavy (non-hydrogen) atoms. The minimum absolute atomic E-state index is 0.232. The van der Waals surface area contributed by atoms with Crippen molar-refractivity contribution in [3.8, 4) is 0 Å². The summed E-state index contributed by atoms with van der Waals surface area (Å²) in [6.07, 6.45) is 3.21. The Kier molecular flexibility index (Phi) is 5.11. The second-order valence-electron chi connectivity index (χ2n) is 2.98. The van der Waals surface area contributed by atoms with Crippen LogP contribution in [0, 0.1) is 0 Å². The maximum absolute atomic E-state index is 10.5. The Bertz CT molecular complexity index is 127. The monoisotopic (exact) mass is 196 g/mol. The molecule has 0 aliphatic heterocycles. The molecule has 0 saturated carbocycles. The molecule has 0 aromatic heterocycles. The number of unbranched alkanes of at least 4 members (excludes halogenated alkanes) is 1. The van der Waals surface area contributed by atoms with E-state index in [1.54, 1.807) is 13.8 Å². The summed E-state index contributed by atoms with van der Waals surface area (Å²) >= 11 is 11.5. The van der Waals surface area contributed by atoms with E-state index < -0.39 is 4.33 Å². The molecule has 1 nitrogen and oxygen atoms in total. The summed E-state index contributed by atoms with van der Waals surface area (Å²) in [6.45, 7) is 3.37. The van der Waals surface area contributed by atoms with Gasteiger partial charge in [0.25, 0.3) is 0 Å². The standard InChI is InChI=1S/C8H14Cl2O/c1-7(11)5-3-4-6-8(2,9)10/h3-6H2,1-2H3. The molecule has 0 aliphatic rings. The molecule has 0 saturated heterocycles. The topological polar surface area (TPSA) is 17.1 Å². The Balaban J connectivity index is 3.22. The lowest BCUT2D eigenvalue weighted by Crippen LogP contribution is -2.05. The average molecular weight is 197 g/mol. The molecule has 0 bridgehead atoms. The van der Waals surface area contributed by atoms with E-state index in [4.69, 9.17) is 23.2 Å². The summed E-state index contributed by atoms with van der Waals surface area (Å²) in [5.74, 6) is 0.232. The molecule has 0 atom stereocenters. The Morgan fingerprint density at radius 1 is 1.36 bits per heavy atom. The number of alkyl halides is 2. The Hall–Kier alpha value is 0.250. The summed E-state index contributed by atoms with van der Waals surface area (Å²) in [5, 5.41) is 0. The molecule has 0 spiro atoms. The lowest BCUT2D eigenvalue weighted by molar-refractivity contribution is -0.117. The Morgan fingerprint density at radius 3 is 2.27 bits per heavy atom. The van der Waals surface area contributed by atoms with Crippen molar-refractivity contribution in [3.63, 3.8) is 0 Å². The number of carbonyl (C=O) groups is 1. The van der Waals surface area contributed by atoms with Crippen LogP contribution in [0.5, 0.6) is 0 Å². The first-order valence-corrected chi connectivity index (χ1v) is 4.55. The van der Waals surface area contributed by atoms with E-state index in [9.17, 15) is 4.79 Å². The first-order valence-electron chi connectivity index (χ1n) is 3.79. The molecule has 0 N–H and O–H groups in total. The van der Waals surface area contributed by atoms with Gasteiger partial charge in [0.2, 0.25) is 0 Å². The fourth-order valence-corrected chi connectivity index (χ4v) is 1.08. The van der Waals surface area contributed by atoms with E-state index in [0.29, 0.717) is 6.42 Å². The third-order valence-corrected chi connectivity index (χ3v) is 1.77. The molecular formula is C8H14Cl2O. The SMILES string of the molecule is CC(=O)CCCCC(C)(Cl)Cl. The molecule has 0 rings (SSSR count). The first kappa shape index (κ1) is 11.2. The number of carbonyl (C=O) groups excluding carboxylic acids is 1. The molecule has 0 unspecified atom stereocenters. The van der Waals surface area contributed by atoms with Crippen LogP contribution in [0.15, 0.2) is 0 Å². The molecule has 0 aromatic carbocycles. The quantitative estimate of drug-likeness (QED) is 0.488. The predicted octanol–water partition coefficient (Wildman–Crippen LogP) is 3.33. The minimum atomic E-state index is -0.628. The van der Waals surface area contributed by atoms with Crippen LogP contribution in [-0.4, -0.2) is 10.1 Å². The lowest BCUT2D eigenvalue weighted by atomic mass is 10.1. The summed E-state index contributed by atoms with van der Waals surface area (Å²) < 4.78 is -0.628. The first-order chi connectivity index (χ1) is 4.92. The largest absolute Gasteiger partial charge is 0.300 e. The highest BCUT2D eigenvalue weighted by Gasteiger charge is 2.14. The van der Waals surface area contributed by atoms with Gasteiger partial charge in [-0.05, 0) is 26.7 Å². The second kappa shape index (κ2) is 5.00. The molecule has 0 aliphatic carbocycles. The van der Waals surface area contributed by atoms with Crippen molar-refractivity contribution >= 4 is 29.0 Å². The van der Waals surface area contributed by atoms with Crippen molar-refractivity contribution in [2.24, 2.45) is 0 Å². The van der Waals surface area contributed by atoms with Gasteiger partial charge >= 0.3 is 0 Å². The molecule has 66 valence electrons. The van der Waals surface area contributed by atoms with E-state index in [2.05, 4.69) is 0 Å². The van der Waals surface area contributed by atoms with Gasteiger partial charge in [-0.3, -0.25) is 0 Å². The molecule has 0 radical (unpaired) electrons. The zero-order valence-corrected chi connectivity index (χ0v) is 8.50. The summed E-state index contributed by atoms with van der Waals surface area (Å²) in [5.41, 5.74) is 0. The fourth-order valence-electron chi connectivity index (χ4n) is 0.809. The minimum Gasteiger partial charge on any atom is -0.300 e. The zero-order chi connectivity index (χ0) is 8.91. The van der Waals surface area contributed by atoms with Crippen molar-refractivity contribution in [2.75, 3.05) is 0 Å². The molecule has 0 aromatic rings. The number of hydrogen-bond donors (Lipinski definition) is 0. The highest BCUT2D eigenvalue weighted by atomic mass is 35.5. The normalized spacial score (nSPS) is 11.6. The van der Waals surface area contributed by atoms with E-state index in [1.165, 1.54) is 0 Å². The van der Waals surface area contributed by atoms with Crippen molar-refractivity contribution in [1.82, 2.24) is 0 Å². The number of hydrogen-bond acceptors (Lipinski definition) is 1. The summed E-state index contributed by atoms with van der Waals surface area (Å²) in [4.78, 5) is 10.5. The van der Waals surface area contributed by atoms with E-state index in [0.717, 1.165) is 19.3 Å². The van der Waals surface area contributed by atoms with E-state index >= 15 is 0 Å². The lowest BCUT2D eigenvalue weighted by Gasteiger charge is -2.11. The van der Waals surface area contributed by atoms with Gasteiger partial charge in [-0.25, -0.2) is 0 Å². The van der Waals surface area contributed by atoms with Crippen LogP contribution in [0.1, 0.15) is 39.5 Å². The van der Waals surface area contributed by atoms with Gasteiger partial charge in [-0.2, -0.15) is 0 Å². The van der Waals surface area contributed by atoms with E-state index in [-0.39, 0.29) is 5.78 Å². The maximum atomic E-state index is 10.5. The van der Waals surface area contributed by atoms with Crippen molar-refractivity contribution in [2.45, 2.75) is 43.9 Å².